The topological polar surface area (TPSA) is 63.1 Å². The quantitative estimate of drug-likeness (QED) is 0.648. The first-order valence-electron chi connectivity index (χ1n) is 9.00. The van der Waals surface area contributed by atoms with E-state index in [0.29, 0.717) is 19.5 Å². The minimum atomic E-state index is -0.0837. The molecule has 1 aromatic heterocycles. The van der Waals surface area contributed by atoms with Crippen molar-refractivity contribution in [2.24, 2.45) is 0 Å². The Morgan fingerprint density at radius 2 is 1.44 bits per heavy atom. The van der Waals surface area contributed by atoms with Gasteiger partial charge in [0.05, 0.1) is 6.42 Å². The van der Waals surface area contributed by atoms with Gasteiger partial charge in [-0.15, -0.1) is 0 Å². The summed E-state index contributed by atoms with van der Waals surface area (Å²) in [7, 11) is 0. The van der Waals surface area contributed by atoms with Gasteiger partial charge in [-0.25, -0.2) is 0 Å². The molecule has 0 saturated heterocycles. The van der Waals surface area contributed by atoms with Crippen LogP contribution >= 0.6 is 0 Å². The molecule has 2 aromatic carbocycles. The van der Waals surface area contributed by atoms with E-state index in [1.54, 1.807) is 0 Å². The van der Waals surface area contributed by atoms with Crippen molar-refractivity contribution in [3.63, 3.8) is 0 Å². The van der Waals surface area contributed by atoms with Crippen molar-refractivity contribution in [1.29, 1.82) is 0 Å². The summed E-state index contributed by atoms with van der Waals surface area (Å²) < 4.78 is 2.01. The third kappa shape index (κ3) is 5.85. The van der Waals surface area contributed by atoms with E-state index in [9.17, 15) is 9.59 Å². The molecule has 0 aliphatic rings. The third-order valence-corrected chi connectivity index (χ3v) is 4.21. The second-order valence-electron chi connectivity index (χ2n) is 6.30. The van der Waals surface area contributed by atoms with Crippen molar-refractivity contribution in [2.75, 3.05) is 6.54 Å². The monoisotopic (exact) mass is 361 g/mol. The van der Waals surface area contributed by atoms with Gasteiger partial charge >= 0.3 is 0 Å². The first-order valence-corrected chi connectivity index (χ1v) is 9.00. The van der Waals surface area contributed by atoms with Gasteiger partial charge in [-0.2, -0.15) is 0 Å². The maximum absolute atomic E-state index is 12.0. The standard InChI is InChI=1S/C22H23N3O2/c26-21(24-17-19-6-2-1-3-7-19)12-13-23-22(27)16-18-8-10-20(11-9-18)25-14-4-5-15-25/h1-11,14-15H,12-13,16-17H2,(H,23,27)(H,24,26). The van der Waals surface area contributed by atoms with Crippen LogP contribution in [-0.4, -0.2) is 22.9 Å². The van der Waals surface area contributed by atoms with E-state index in [4.69, 9.17) is 0 Å². The van der Waals surface area contributed by atoms with Crippen LogP contribution in [0, 0.1) is 0 Å². The molecule has 5 nitrogen and oxygen atoms in total. The number of amides is 2. The Morgan fingerprint density at radius 3 is 2.15 bits per heavy atom. The molecule has 0 aliphatic carbocycles. The number of nitrogens with one attached hydrogen (secondary N) is 2. The lowest BCUT2D eigenvalue weighted by atomic mass is 10.1. The van der Waals surface area contributed by atoms with E-state index in [1.807, 2.05) is 83.7 Å². The zero-order chi connectivity index (χ0) is 18.9. The first kappa shape index (κ1) is 18.5. The van der Waals surface area contributed by atoms with Crippen molar-refractivity contribution in [2.45, 2.75) is 19.4 Å². The van der Waals surface area contributed by atoms with Crippen LogP contribution in [-0.2, 0) is 22.6 Å². The molecule has 3 rings (SSSR count). The maximum Gasteiger partial charge on any atom is 0.224 e. The van der Waals surface area contributed by atoms with Gasteiger partial charge in [0, 0.05) is 37.6 Å². The summed E-state index contributed by atoms with van der Waals surface area (Å²) in [5.41, 5.74) is 3.05. The number of aromatic nitrogens is 1. The van der Waals surface area contributed by atoms with Gasteiger partial charge in [-0.3, -0.25) is 9.59 Å². The molecule has 138 valence electrons. The zero-order valence-corrected chi connectivity index (χ0v) is 15.1. The summed E-state index contributed by atoms with van der Waals surface area (Å²) in [5, 5.41) is 5.65. The molecule has 27 heavy (non-hydrogen) atoms. The van der Waals surface area contributed by atoms with Crippen LogP contribution in [0.2, 0.25) is 0 Å². The number of hydrogen-bond acceptors (Lipinski definition) is 2. The van der Waals surface area contributed by atoms with E-state index >= 15 is 0 Å². The molecule has 0 aliphatic heterocycles. The minimum absolute atomic E-state index is 0.0739. The van der Waals surface area contributed by atoms with Gasteiger partial charge in [0.25, 0.3) is 0 Å². The SMILES string of the molecule is O=C(CCNC(=O)Cc1ccc(-n2cccc2)cc1)NCc1ccccc1. The third-order valence-electron chi connectivity index (χ3n) is 4.21. The Kier molecular flexibility index (Phi) is 6.41. The fourth-order valence-electron chi connectivity index (χ4n) is 2.74. The smallest absolute Gasteiger partial charge is 0.224 e. The normalized spacial score (nSPS) is 10.4. The molecule has 0 unspecified atom stereocenters. The van der Waals surface area contributed by atoms with Crippen molar-refractivity contribution < 1.29 is 9.59 Å². The maximum atomic E-state index is 12.0. The highest BCUT2D eigenvalue weighted by Crippen LogP contribution is 2.10. The summed E-state index contributed by atoms with van der Waals surface area (Å²) in [5.74, 6) is -0.158. The average molecular weight is 361 g/mol. The van der Waals surface area contributed by atoms with Crippen molar-refractivity contribution >= 4 is 11.8 Å². The molecule has 5 heteroatoms. The predicted octanol–water partition coefficient (Wildman–Crippen LogP) is 2.84. The van der Waals surface area contributed by atoms with E-state index in [1.165, 1.54) is 0 Å². The van der Waals surface area contributed by atoms with Crippen LogP contribution in [0.3, 0.4) is 0 Å². The van der Waals surface area contributed by atoms with Crippen LogP contribution in [0.5, 0.6) is 0 Å². The lowest BCUT2D eigenvalue weighted by Gasteiger charge is -2.08. The molecule has 2 amide bonds. The number of carbonyl (C=O) groups is 2. The van der Waals surface area contributed by atoms with Gasteiger partial charge in [0.1, 0.15) is 0 Å². The fraction of sp³-hybridized carbons (Fsp3) is 0.182. The summed E-state index contributed by atoms with van der Waals surface area (Å²) >= 11 is 0. The summed E-state index contributed by atoms with van der Waals surface area (Å²) in [4.78, 5) is 23.9. The average Bonchev–Trinajstić information content (AvgIpc) is 3.22. The number of nitrogens with zero attached hydrogens (tertiary/aromatic N) is 1. The Morgan fingerprint density at radius 1 is 0.741 bits per heavy atom. The molecule has 0 saturated carbocycles. The second kappa shape index (κ2) is 9.38. The van der Waals surface area contributed by atoms with Gasteiger partial charge in [-0.05, 0) is 35.4 Å². The molecular weight excluding hydrogens is 338 g/mol. The van der Waals surface area contributed by atoms with Crippen LogP contribution in [0.25, 0.3) is 5.69 Å². The van der Waals surface area contributed by atoms with E-state index < -0.39 is 0 Å². The highest BCUT2D eigenvalue weighted by atomic mass is 16.2. The highest BCUT2D eigenvalue weighted by molar-refractivity contribution is 5.80. The summed E-state index contributed by atoms with van der Waals surface area (Å²) in [6.45, 7) is 0.836. The van der Waals surface area contributed by atoms with Crippen LogP contribution in [0.15, 0.2) is 79.1 Å². The fourth-order valence-corrected chi connectivity index (χ4v) is 2.74. The van der Waals surface area contributed by atoms with Crippen LogP contribution in [0.4, 0.5) is 0 Å². The van der Waals surface area contributed by atoms with Gasteiger partial charge in [0.2, 0.25) is 11.8 Å². The number of carbonyl (C=O) groups excluding carboxylic acids is 2. The Labute approximate surface area is 159 Å². The minimum Gasteiger partial charge on any atom is -0.355 e. The summed E-state index contributed by atoms with van der Waals surface area (Å²) in [6, 6.07) is 21.5. The molecule has 3 aromatic rings. The van der Waals surface area contributed by atoms with E-state index in [-0.39, 0.29) is 18.2 Å². The Balaban J connectivity index is 1.36. The number of rotatable bonds is 8. The Bertz CT molecular complexity index is 856. The predicted molar refractivity (Wildman–Crippen MR) is 105 cm³/mol. The number of benzene rings is 2. The molecular formula is C22H23N3O2. The van der Waals surface area contributed by atoms with Crippen LogP contribution in [0.1, 0.15) is 17.5 Å². The molecule has 0 fully saturated rings. The van der Waals surface area contributed by atoms with Gasteiger partial charge < -0.3 is 15.2 Å². The van der Waals surface area contributed by atoms with Gasteiger partial charge in [-0.1, -0.05) is 42.5 Å². The molecule has 1 heterocycles. The van der Waals surface area contributed by atoms with Crippen molar-refractivity contribution in [1.82, 2.24) is 15.2 Å². The molecule has 0 radical (unpaired) electrons. The lowest BCUT2D eigenvalue weighted by molar-refractivity contribution is -0.122. The first-order chi connectivity index (χ1) is 13.2. The molecule has 0 atom stereocenters. The second-order valence-corrected chi connectivity index (χ2v) is 6.30. The molecule has 0 spiro atoms. The van der Waals surface area contributed by atoms with E-state index in [2.05, 4.69) is 10.6 Å². The van der Waals surface area contributed by atoms with Crippen molar-refractivity contribution in [3.8, 4) is 5.69 Å². The van der Waals surface area contributed by atoms with Gasteiger partial charge in [0.15, 0.2) is 0 Å². The van der Waals surface area contributed by atoms with Crippen LogP contribution < -0.4 is 10.6 Å². The largest absolute Gasteiger partial charge is 0.355 e. The number of hydrogen-bond donors (Lipinski definition) is 2. The van der Waals surface area contributed by atoms with Crippen molar-refractivity contribution in [3.05, 3.63) is 90.3 Å². The summed E-state index contributed by atoms with van der Waals surface area (Å²) in [6.07, 6.45) is 4.53. The molecule has 2 N–H and O–H groups in total. The van der Waals surface area contributed by atoms with E-state index in [0.717, 1.165) is 16.8 Å². The Hall–Kier alpha value is -3.34. The lowest BCUT2D eigenvalue weighted by Crippen LogP contribution is -2.31. The molecule has 0 bridgehead atoms. The highest BCUT2D eigenvalue weighted by Gasteiger charge is 2.06. The zero-order valence-electron chi connectivity index (χ0n) is 15.1.